The van der Waals surface area contributed by atoms with Crippen molar-refractivity contribution in [2.75, 3.05) is 20.2 Å². The molecular formula is C22H29NO2S2. The molecule has 146 valence electrons. The van der Waals surface area contributed by atoms with Crippen LogP contribution in [0, 0.1) is 13.8 Å². The van der Waals surface area contributed by atoms with Gasteiger partial charge in [-0.05, 0) is 80.1 Å². The molecule has 3 heterocycles. The third-order valence-electron chi connectivity index (χ3n) is 5.39. The number of aryl methyl sites for hydroxylation is 2. The van der Waals surface area contributed by atoms with Crippen LogP contribution in [-0.4, -0.2) is 37.1 Å². The van der Waals surface area contributed by atoms with Gasteiger partial charge in [-0.15, -0.1) is 22.7 Å². The molecule has 2 aromatic rings. The third-order valence-corrected chi connectivity index (χ3v) is 7.49. The second kappa shape index (κ2) is 9.67. The Bertz CT molecular complexity index is 748. The molecule has 1 saturated heterocycles. The highest BCUT2D eigenvalue weighted by Gasteiger charge is 2.24. The van der Waals surface area contributed by atoms with Gasteiger partial charge in [-0.25, -0.2) is 0 Å². The number of hydrogen-bond acceptors (Lipinski definition) is 5. The van der Waals surface area contributed by atoms with E-state index in [0.29, 0.717) is 12.5 Å². The van der Waals surface area contributed by atoms with Crippen LogP contribution < -0.4 is 0 Å². The van der Waals surface area contributed by atoms with E-state index in [1.54, 1.807) is 0 Å². The van der Waals surface area contributed by atoms with Crippen molar-refractivity contribution >= 4 is 34.2 Å². The van der Waals surface area contributed by atoms with Gasteiger partial charge in [0.05, 0.1) is 7.11 Å². The summed E-state index contributed by atoms with van der Waals surface area (Å²) < 4.78 is 4.80. The minimum Gasteiger partial charge on any atom is -0.469 e. The number of methoxy groups -OCH3 is 1. The van der Waals surface area contributed by atoms with E-state index in [2.05, 4.69) is 47.7 Å². The highest BCUT2D eigenvalue weighted by Crippen LogP contribution is 2.35. The summed E-state index contributed by atoms with van der Waals surface area (Å²) in [5, 5.41) is 4.37. The lowest BCUT2D eigenvalue weighted by atomic mass is 10.0. The molecule has 0 spiro atoms. The fourth-order valence-electron chi connectivity index (χ4n) is 3.86. The largest absolute Gasteiger partial charge is 0.469 e. The van der Waals surface area contributed by atoms with E-state index >= 15 is 0 Å². The number of hydrogen-bond donors (Lipinski definition) is 0. The first-order valence-electron chi connectivity index (χ1n) is 9.70. The maximum absolute atomic E-state index is 11.5. The van der Waals surface area contributed by atoms with Crippen LogP contribution in [0.25, 0.3) is 5.57 Å². The Morgan fingerprint density at radius 3 is 2.44 bits per heavy atom. The van der Waals surface area contributed by atoms with Crippen LogP contribution in [0.15, 0.2) is 29.0 Å². The zero-order chi connectivity index (χ0) is 19.2. The Morgan fingerprint density at radius 1 is 1.22 bits per heavy atom. The van der Waals surface area contributed by atoms with Crippen molar-refractivity contribution in [3.8, 4) is 0 Å². The van der Waals surface area contributed by atoms with Crippen LogP contribution in [0.4, 0.5) is 0 Å². The van der Waals surface area contributed by atoms with E-state index in [9.17, 15) is 4.79 Å². The number of esters is 1. The van der Waals surface area contributed by atoms with Gasteiger partial charge in [-0.1, -0.05) is 6.08 Å². The van der Waals surface area contributed by atoms with Gasteiger partial charge in [0, 0.05) is 34.3 Å². The molecule has 1 aliphatic rings. The second-order valence-corrected chi connectivity index (χ2v) is 9.05. The molecular weight excluding hydrogens is 374 g/mol. The number of carbonyl (C=O) groups is 1. The maximum atomic E-state index is 11.5. The highest BCUT2D eigenvalue weighted by molar-refractivity contribution is 7.14. The molecule has 0 unspecified atom stereocenters. The molecule has 0 radical (unpaired) electrons. The predicted molar refractivity (Wildman–Crippen MR) is 116 cm³/mol. The van der Waals surface area contributed by atoms with E-state index in [1.807, 2.05) is 22.7 Å². The summed E-state index contributed by atoms with van der Waals surface area (Å²) in [5.41, 5.74) is 4.10. The summed E-state index contributed by atoms with van der Waals surface area (Å²) >= 11 is 3.67. The van der Waals surface area contributed by atoms with Crippen LogP contribution in [0.5, 0.6) is 0 Å². The fraction of sp³-hybridized carbons (Fsp3) is 0.500. The second-order valence-electron chi connectivity index (χ2n) is 7.22. The van der Waals surface area contributed by atoms with Gasteiger partial charge in [0.25, 0.3) is 0 Å². The van der Waals surface area contributed by atoms with Gasteiger partial charge < -0.3 is 9.64 Å². The van der Waals surface area contributed by atoms with Gasteiger partial charge in [-0.2, -0.15) is 0 Å². The average molecular weight is 404 g/mol. The van der Waals surface area contributed by atoms with Gasteiger partial charge in [0.15, 0.2) is 0 Å². The lowest BCUT2D eigenvalue weighted by Gasteiger charge is -2.23. The summed E-state index contributed by atoms with van der Waals surface area (Å²) in [4.78, 5) is 16.8. The summed E-state index contributed by atoms with van der Waals surface area (Å²) in [5.74, 6) is -0.0922. The zero-order valence-corrected chi connectivity index (χ0v) is 18.1. The summed E-state index contributed by atoms with van der Waals surface area (Å²) in [6.07, 6.45) is 7.34. The monoisotopic (exact) mass is 403 g/mol. The Labute approximate surface area is 170 Å². The topological polar surface area (TPSA) is 29.5 Å². The SMILES string of the molecule is COC(=O)CC[C@H]1CCCN1CCC=C(c1sccc1C)c1sccc1C. The lowest BCUT2D eigenvalue weighted by Crippen LogP contribution is -2.30. The van der Waals surface area contributed by atoms with Crippen molar-refractivity contribution in [2.45, 2.75) is 52.0 Å². The molecule has 0 amide bonds. The van der Waals surface area contributed by atoms with Crippen LogP contribution >= 0.6 is 22.7 Å². The Morgan fingerprint density at radius 2 is 1.89 bits per heavy atom. The van der Waals surface area contributed by atoms with E-state index in [1.165, 1.54) is 46.4 Å². The first-order valence-corrected chi connectivity index (χ1v) is 11.5. The van der Waals surface area contributed by atoms with E-state index in [4.69, 9.17) is 4.74 Å². The van der Waals surface area contributed by atoms with Crippen molar-refractivity contribution < 1.29 is 9.53 Å². The number of nitrogens with zero attached hydrogens (tertiary/aromatic N) is 1. The Hall–Kier alpha value is -1.43. The molecule has 3 nitrogen and oxygen atoms in total. The maximum Gasteiger partial charge on any atom is 0.305 e. The minimum absolute atomic E-state index is 0.0922. The number of carbonyl (C=O) groups excluding carboxylic acids is 1. The Kier molecular flexibility index (Phi) is 7.27. The molecule has 1 fully saturated rings. The van der Waals surface area contributed by atoms with Crippen molar-refractivity contribution in [1.29, 1.82) is 0 Å². The molecule has 0 aliphatic carbocycles. The molecule has 27 heavy (non-hydrogen) atoms. The predicted octanol–water partition coefficient (Wildman–Crippen LogP) is 5.67. The van der Waals surface area contributed by atoms with Crippen molar-refractivity contribution in [3.63, 3.8) is 0 Å². The van der Waals surface area contributed by atoms with Crippen molar-refractivity contribution in [3.05, 3.63) is 49.9 Å². The summed E-state index contributed by atoms with van der Waals surface area (Å²) in [6, 6.07) is 4.94. The van der Waals surface area contributed by atoms with Gasteiger partial charge >= 0.3 is 5.97 Å². The minimum atomic E-state index is -0.0922. The number of thiophene rings is 2. The highest BCUT2D eigenvalue weighted by atomic mass is 32.1. The molecule has 0 aromatic carbocycles. The number of rotatable bonds is 8. The molecule has 0 bridgehead atoms. The molecule has 0 saturated carbocycles. The average Bonchev–Trinajstić information content (AvgIpc) is 3.39. The molecule has 1 aliphatic heterocycles. The first kappa shape index (κ1) is 20.3. The first-order chi connectivity index (χ1) is 13.1. The van der Waals surface area contributed by atoms with Crippen molar-refractivity contribution in [2.24, 2.45) is 0 Å². The van der Waals surface area contributed by atoms with E-state index < -0.39 is 0 Å². The molecule has 1 atom stereocenters. The fourth-order valence-corrected chi connectivity index (χ4v) is 5.88. The lowest BCUT2D eigenvalue weighted by molar-refractivity contribution is -0.140. The molecule has 2 aromatic heterocycles. The van der Waals surface area contributed by atoms with Gasteiger partial charge in [-0.3, -0.25) is 4.79 Å². The quantitative estimate of drug-likeness (QED) is 0.532. The zero-order valence-electron chi connectivity index (χ0n) is 16.5. The Balaban J connectivity index is 1.67. The molecule has 3 rings (SSSR count). The van der Waals surface area contributed by atoms with E-state index in [-0.39, 0.29) is 5.97 Å². The van der Waals surface area contributed by atoms with Gasteiger partial charge in [0.1, 0.15) is 0 Å². The van der Waals surface area contributed by atoms with Crippen LogP contribution in [-0.2, 0) is 9.53 Å². The molecule has 5 heteroatoms. The normalized spacial score (nSPS) is 17.2. The smallest absolute Gasteiger partial charge is 0.305 e. The van der Waals surface area contributed by atoms with Gasteiger partial charge in [0.2, 0.25) is 0 Å². The van der Waals surface area contributed by atoms with Crippen molar-refractivity contribution in [1.82, 2.24) is 4.90 Å². The number of ether oxygens (including phenoxy) is 1. The number of likely N-dealkylation sites (tertiary alicyclic amines) is 1. The van der Waals surface area contributed by atoms with Crippen LogP contribution in [0.2, 0.25) is 0 Å². The molecule has 0 N–H and O–H groups in total. The van der Waals surface area contributed by atoms with Crippen LogP contribution in [0.1, 0.15) is 53.0 Å². The third kappa shape index (κ3) is 5.09. The summed E-state index contributed by atoms with van der Waals surface area (Å²) in [6.45, 7) is 6.60. The summed E-state index contributed by atoms with van der Waals surface area (Å²) in [7, 11) is 1.47. The standard InChI is InChI=1S/C22H29NO2S2/c1-16-10-14-26-21(16)19(22-17(2)11-15-27-22)7-5-13-23-12-4-6-18(23)8-9-20(24)25-3/h7,10-11,14-15,18H,4-6,8-9,12-13H2,1-3H3/t18-/m1/s1. The van der Waals surface area contributed by atoms with E-state index in [0.717, 1.165) is 25.9 Å². The van der Waals surface area contributed by atoms with Crippen LogP contribution in [0.3, 0.4) is 0 Å².